The Hall–Kier alpha value is -2.36. The molecule has 1 aromatic heterocycles. The second-order valence-electron chi connectivity index (χ2n) is 3.39. The summed E-state index contributed by atoms with van der Waals surface area (Å²) in [4.78, 5) is 22.7. The average molecular weight is 230 g/mol. The molecule has 0 atom stereocenters. The van der Waals surface area contributed by atoms with E-state index in [-0.39, 0.29) is 5.56 Å². The Kier molecular flexibility index (Phi) is 3.05. The van der Waals surface area contributed by atoms with E-state index in [0.29, 0.717) is 5.76 Å². The lowest BCUT2D eigenvalue weighted by atomic mass is 10.1. The summed E-state index contributed by atoms with van der Waals surface area (Å²) in [6.07, 6.45) is 0. The molecule has 0 bridgehead atoms. The molecule has 2 rings (SSSR count). The van der Waals surface area contributed by atoms with Crippen molar-refractivity contribution >= 4 is 5.97 Å². The maximum absolute atomic E-state index is 11.3. The van der Waals surface area contributed by atoms with Gasteiger partial charge in [0, 0.05) is 11.6 Å². The summed E-state index contributed by atoms with van der Waals surface area (Å²) < 4.78 is 9.60. The van der Waals surface area contributed by atoms with Gasteiger partial charge in [0.25, 0.3) is 0 Å². The molecule has 0 radical (unpaired) electrons. The highest BCUT2D eigenvalue weighted by atomic mass is 16.5. The van der Waals surface area contributed by atoms with Gasteiger partial charge in [0.2, 0.25) is 0 Å². The number of esters is 1. The summed E-state index contributed by atoms with van der Waals surface area (Å²) in [7, 11) is 1.26. The Balaban J connectivity index is 2.53. The van der Waals surface area contributed by atoms with Crippen LogP contribution in [-0.4, -0.2) is 13.1 Å². The molecule has 1 heterocycles. The van der Waals surface area contributed by atoms with Crippen LogP contribution in [0.1, 0.15) is 10.4 Å². The zero-order chi connectivity index (χ0) is 12.3. The molecule has 0 amide bonds. The van der Waals surface area contributed by atoms with Crippen molar-refractivity contribution in [2.24, 2.45) is 0 Å². The Labute approximate surface area is 97.5 Å². The van der Waals surface area contributed by atoms with Gasteiger partial charge in [0.1, 0.15) is 5.76 Å². The molecule has 86 valence electrons. The fourth-order valence-corrected chi connectivity index (χ4v) is 1.46. The quantitative estimate of drug-likeness (QED) is 0.741. The van der Waals surface area contributed by atoms with Gasteiger partial charge in [-0.05, 0) is 6.07 Å². The fraction of sp³-hybridized carbons (Fsp3) is 0.0769. The van der Waals surface area contributed by atoms with Crippen molar-refractivity contribution in [3.8, 4) is 11.3 Å². The third-order valence-corrected chi connectivity index (χ3v) is 2.25. The van der Waals surface area contributed by atoms with E-state index in [1.54, 1.807) is 12.1 Å². The third-order valence-electron chi connectivity index (χ3n) is 2.25. The lowest BCUT2D eigenvalue weighted by Crippen LogP contribution is -2.07. The van der Waals surface area contributed by atoms with E-state index in [2.05, 4.69) is 4.74 Å². The first-order chi connectivity index (χ1) is 8.20. The second-order valence-corrected chi connectivity index (χ2v) is 3.39. The van der Waals surface area contributed by atoms with Crippen LogP contribution < -0.4 is 5.63 Å². The molecule has 0 N–H and O–H groups in total. The van der Waals surface area contributed by atoms with E-state index in [1.165, 1.54) is 13.2 Å². The summed E-state index contributed by atoms with van der Waals surface area (Å²) in [5.74, 6) is -0.214. The molecule has 0 aliphatic carbocycles. The van der Waals surface area contributed by atoms with Gasteiger partial charge in [0.05, 0.1) is 12.7 Å². The number of methoxy groups -OCH3 is 1. The fourth-order valence-electron chi connectivity index (χ4n) is 1.46. The molecule has 0 fully saturated rings. The monoisotopic (exact) mass is 230 g/mol. The standard InChI is InChI=1S/C13H10O4/c1-16-13(15)10-7-11(17-12(14)8-10)9-5-3-2-4-6-9/h2-8H,1H3. The number of hydrogen-bond acceptors (Lipinski definition) is 4. The molecule has 1 aromatic carbocycles. The number of hydrogen-bond donors (Lipinski definition) is 0. The van der Waals surface area contributed by atoms with E-state index >= 15 is 0 Å². The molecule has 0 aliphatic rings. The van der Waals surface area contributed by atoms with Gasteiger partial charge in [0.15, 0.2) is 0 Å². The second kappa shape index (κ2) is 4.65. The largest absolute Gasteiger partial charge is 0.465 e. The van der Waals surface area contributed by atoms with Gasteiger partial charge in [-0.2, -0.15) is 0 Å². The summed E-state index contributed by atoms with van der Waals surface area (Å²) in [5.41, 5.74) is 0.338. The number of ether oxygens (including phenoxy) is 1. The normalized spacial score (nSPS) is 9.94. The van der Waals surface area contributed by atoms with Crippen LogP contribution in [0.4, 0.5) is 0 Å². The van der Waals surface area contributed by atoms with Gasteiger partial charge in [-0.15, -0.1) is 0 Å². The van der Waals surface area contributed by atoms with Gasteiger partial charge >= 0.3 is 11.6 Å². The summed E-state index contributed by atoms with van der Waals surface area (Å²) >= 11 is 0. The molecule has 4 nitrogen and oxygen atoms in total. The van der Waals surface area contributed by atoms with E-state index < -0.39 is 11.6 Å². The first kappa shape index (κ1) is 11.1. The van der Waals surface area contributed by atoms with Gasteiger partial charge in [-0.1, -0.05) is 30.3 Å². The van der Waals surface area contributed by atoms with Crippen LogP contribution in [0.5, 0.6) is 0 Å². The minimum absolute atomic E-state index is 0.183. The Bertz CT molecular complexity index is 584. The van der Waals surface area contributed by atoms with Crippen molar-refractivity contribution in [1.29, 1.82) is 0 Å². The molecule has 17 heavy (non-hydrogen) atoms. The van der Waals surface area contributed by atoms with E-state index in [4.69, 9.17) is 4.42 Å². The van der Waals surface area contributed by atoms with E-state index in [9.17, 15) is 9.59 Å². The van der Waals surface area contributed by atoms with Crippen molar-refractivity contribution in [3.05, 3.63) is 58.4 Å². The van der Waals surface area contributed by atoms with Crippen molar-refractivity contribution in [2.75, 3.05) is 7.11 Å². The molecule has 0 saturated heterocycles. The predicted molar refractivity (Wildman–Crippen MR) is 61.8 cm³/mol. The van der Waals surface area contributed by atoms with Crippen LogP contribution in [0.2, 0.25) is 0 Å². The highest BCUT2D eigenvalue weighted by molar-refractivity contribution is 5.90. The number of rotatable bonds is 2. The lowest BCUT2D eigenvalue weighted by molar-refractivity contribution is 0.0599. The third kappa shape index (κ3) is 2.42. The molecular weight excluding hydrogens is 220 g/mol. The Morgan fingerprint density at radius 2 is 1.88 bits per heavy atom. The highest BCUT2D eigenvalue weighted by Gasteiger charge is 2.10. The van der Waals surface area contributed by atoms with Crippen molar-refractivity contribution in [3.63, 3.8) is 0 Å². The van der Waals surface area contributed by atoms with Crippen LogP contribution in [0, 0.1) is 0 Å². The van der Waals surface area contributed by atoms with Gasteiger partial charge in [-0.25, -0.2) is 9.59 Å². The number of carbonyl (C=O) groups excluding carboxylic acids is 1. The summed E-state index contributed by atoms with van der Waals surface area (Å²) in [5, 5.41) is 0. The molecule has 0 unspecified atom stereocenters. The molecule has 0 aliphatic heterocycles. The van der Waals surface area contributed by atoms with Crippen molar-refractivity contribution in [2.45, 2.75) is 0 Å². The van der Waals surface area contributed by atoms with Crippen LogP contribution >= 0.6 is 0 Å². The molecule has 0 spiro atoms. The number of benzene rings is 1. The molecule has 4 heteroatoms. The zero-order valence-electron chi connectivity index (χ0n) is 9.17. The first-order valence-electron chi connectivity index (χ1n) is 4.99. The minimum atomic E-state index is -0.577. The lowest BCUT2D eigenvalue weighted by Gasteiger charge is -2.02. The molecular formula is C13H10O4. The Morgan fingerprint density at radius 1 is 1.18 bits per heavy atom. The van der Waals surface area contributed by atoms with Gasteiger partial charge in [-0.3, -0.25) is 0 Å². The minimum Gasteiger partial charge on any atom is -0.465 e. The van der Waals surface area contributed by atoms with Crippen molar-refractivity contribution < 1.29 is 13.9 Å². The van der Waals surface area contributed by atoms with Crippen LogP contribution in [0.25, 0.3) is 11.3 Å². The van der Waals surface area contributed by atoms with Crippen LogP contribution in [0.15, 0.2) is 51.7 Å². The molecule has 2 aromatic rings. The van der Waals surface area contributed by atoms with E-state index in [1.807, 2.05) is 18.2 Å². The highest BCUT2D eigenvalue weighted by Crippen LogP contribution is 2.18. The Morgan fingerprint density at radius 3 is 2.53 bits per heavy atom. The maximum Gasteiger partial charge on any atom is 0.338 e. The topological polar surface area (TPSA) is 56.5 Å². The molecule has 0 saturated carbocycles. The summed E-state index contributed by atoms with van der Waals surface area (Å²) in [6.45, 7) is 0. The zero-order valence-corrected chi connectivity index (χ0v) is 9.17. The average Bonchev–Trinajstić information content (AvgIpc) is 2.38. The SMILES string of the molecule is COC(=O)c1cc(-c2ccccc2)oc(=O)c1. The van der Waals surface area contributed by atoms with Crippen molar-refractivity contribution in [1.82, 2.24) is 0 Å². The van der Waals surface area contributed by atoms with Crippen LogP contribution in [0.3, 0.4) is 0 Å². The van der Waals surface area contributed by atoms with Crippen LogP contribution in [-0.2, 0) is 4.74 Å². The summed E-state index contributed by atoms with van der Waals surface area (Å²) in [6, 6.07) is 11.7. The smallest absolute Gasteiger partial charge is 0.338 e. The first-order valence-corrected chi connectivity index (χ1v) is 4.99. The predicted octanol–water partition coefficient (Wildman–Crippen LogP) is 2.09. The van der Waals surface area contributed by atoms with Gasteiger partial charge < -0.3 is 9.15 Å². The van der Waals surface area contributed by atoms with E-state index in [0.717, 1.165) is 11.6 Å². The number of carbonyl (C=O) groups is 1. The maximum atomic E-state index is 11.3.